The van der Waals surface area contributed by atoms with Gasteiger partial charge in [0.25, 0.3) is 5.91 Å². The Morgan fingerprint density at radius 2 is 1.95 bits per heavy atom. The monoisotopic (exact) mass is 553 g/mol. The van der Waals surface area contributed by atoms with Gasteiger partial charge in [-0.3, -0.25) is 4.79 Å². The third-order valence-electron chi connectivity index (χ3n) is 7.89. The number of rotatable bonds is 13. The lowest BCUT2D eigenvalue weighted by Crippen LogP contribution is -2.51. The van der Waals surface area contributed by atoms with Crippen LogP contribution < -0.4 is 14.8 Å². The average Bonchev–Trinajstić information content (AvgIpc) is 3.45. The predicted molar refractivity (Wildman–Crippen MR) is 147 cm³/mol. The number of nitrogens with one attached hydrogen (secondary N) is 2. The van der Waals surface area contributed by atoms with Gasteiger partial charge in [0, 0.05) is 12.0 Å². The molecule has 2 fully saturated rings. The largest absolute Gasteiger partial charge is 0.489 e. The van der Waals surface area contributed by atoms with Crippen molar-refractivity contribution in [3.8, 4) is 11.6 Å². The maximum absolute atomic E-state index is 13.3. The zero-order valence-electron chi connectivity index (χ0n) is 23.7. The van der Waals surface area contributed by atoms with Crippen molar-refractivity contribution in [1.29, 1.82) is 0 Å². The number of aromatic amines is 1. The van der Waals surface area contributed by atoms with Crippen molar-refractivity contribution in [2.45, 2.75) is 83.8 Å². The minimum Gasteiger partial charge on any atom is -0.489 e. The lowest BCUT2D eigenvalue weighted by molar-refractivity contribution is 0.0279. The second-order valence-corrected chi connectivity index (χ2v) is 11.7. The van der Waals surface area contributed by atoms with Crippen molar-refractivity contribution < 1.29 is 28.9 Å². The van der Waals surface area contributed by atoms with E-state index in [2.05, 4.69) is 27.5 Å². The van der Waals surface area contributed by atoms with Crippen LogP contribution in [-0.4, -0.2) is 68.3 Å². The molecule has 0 saturated heterocycles. The number of carbonyl (C=O) groups excluding carboxylic acids is 2. The molecule has 3 aromatic heterocycles. The third kappa shape index (κ3) is 5.94. The van der Waals surface area contributed by atoms with Crippen LogP contribution in [-0.2, 0) is 4.74 Å². The highest BCUT2D eigenvalue weighted by Crippen LogP contribution is 2.47. The predicted octanol–water partition coefficient (Wildman–Crippen LogP) is 4.02. The fraction of sp³-hybridized carbons (Fsp3) is 0.586. The van der Waals surface area contributed by atoms with Gasteiger partial charge in [0.1, 0.15) is 17.9 Å². The van der Waals surface area contributed by atoms with Crippen LogP contribution in [0.2, 0.25) is 0 Å². The number of hydrogen-bond acceptors (Lipinski definition) is 8. The van der Waals surface area contributed by atoms with Gasteiger partial charge in [-0.05, 0) is 70.4 Å². The van der Waals surface area contributed by atoms with Crippen LogP contribution in [0, 0.1) is 5.41 Å². The molecular formula is C29H39N5O6. The summed E-state index contributed by atoms with van der Waals surface area (Å²) in [6, 6.07) is 3.81. The quantitative estimate of drug-likeness (QED) is 0.270. The second kappa shape index (κ2) is 11.1. The molecule has 0 unspecified atom stereocenters. The number of H-pyrrole nitrogens is 1. The van der Waals surface area contributed by atoms with Crippen LogP contribution in [0.4, 0.5) is 0 Å². The smallest absolute Gasteiger partial charge is 0.345 e. The van der Waals surface area contributed by atoms with Crippen LogP contribution in [0.15, 0.2) is 24.5 Å². The van der Waals surface area contributed by atoms with Crippen LogP contribution >= 0.6 is 0 Å². The summed E-state index contributed by atoms with van der Waals surface area (Å²) in [5, 5.41) is 24.5. The van der Waals surface area contributed by atoms with Crippen molar-refractivity contribution >= 4 is 17.4 Å². The van der Waals surface area contributed by atoms with E-state index in [0.29, 0.717) is 35.3 Å². The Hall–Kier alpha value is -3.60. The molecule has 0 aliphatic heterocycles. The molecule has 11 heteroatoms. The van der Waals surface area contributed by atoms with Crippen LogP contribution in [0.3, 0.4) is 0 Å². The number of amides is 1. The fourth-order valence-electron chi connectivity index (χ4n) is 5.47. The molecule has 0 radical (unpaired) electrons. The number of nitrogens with zero attached hydrogens (tertiary/aromatic N) is 3. The van der Waals surface area contributed by atoms with E-state index in [1.807, 2.05) is 16.6 Å². The van der Waals surface area contributed by atoms with E-state index in [1.54, 1.807) is 27.0 Å². The summed E-state index contributed by atoms with van der Waals surface area (Å²) in [5.41, 5.74) is 1.66. The average molecular weight is 554 g/mol. The SMILES string of the molecule is CCOC(=O)c1cn[nH]c1OCC[C@]1(CC)C[C@@H](NC(=O)c2cnn3c(C4CC4)c(OCC(C)(C)O)ccc23)C1. The zero-order valence-corrected chi connectivity index (χ0v) is 23.7. The molecule has 1 amide bonds. The number of ether oxygens (including phenoxy) is 3. The first-order valence-corrected chi connectivity index (χ1v) is 14.1. The molecule has 3 heterocycles. The highest BCUT2D eigenvalue weighted by molar-refractivity contribution is 6.01. The summed E-state index contributed by atoms with van der Waals surface area (Å²) in [4.78, 5) is 25.3. The minimum absolute atomic E-state index is 0.0645. The molecule has 0 spiro atoms. The van der Waals surface area contributed by atoms with Crippen molar-refractivity contribution in [3.63, 3.8) is 0 Å². The number of pyridine rings is 1. The maximum Gasteiger partial charge on any atom is 0.345 e. The molecule has 216 valence electrons. The van der Waals surface area contributed by atoms with Crippen LogP contribution in [0.1, 0.15) is 98.5 Å². The Morgan fingerprint density at radius 3 is 2.62 bits per heavy atom. The molecule has 2 aliphatic carbocycles. The molecule has 0 aromatic carbocycles. The van der Waals surface area contributed by atoms with Gasteiger partial charge in [-0.15, -0.1) is 0 Å². The molecule has 2 aliphatic rings. The molecule has 11 nitrogen and oxygen atoms in total. The Bertz CT molecular complexity index is 1360. The fourth-order valence-corrected chi connectivity index (χ4v) is 5.47. The molecule has 0 atom stereocenters. The molecule has 3 aromatic rings. The lowest BCUT2D eigenvalue weighted by Gasteiger charge is -2.47. The lowest BCUT2D eigenvalue weighted by atomic mass is 9.62. The van der Waals surface area contributed by atoms with Gasteiger partial charge in [0.2, 0.25) is 5.88 Å². The first-order valence-electron chi connectivity index (χ1n) is 14.1. The number of hydrogen-bond donors (Lipinski definition) is 3. The standard InChI is InChI=1S/C29H39N5O6/c1-5-29(11-12-39-26-21(15-30-33-26)27(36)38-6-2)13-19(14-29)32-25(35)20-16-31-34-22(20)9-10-23(24(34)18-7-8-18)40-17-28(3,4)37/h9-10,15-16,18-19,37H,5-8,11-14,17H2,1-4H3,(H,30,33)(H,32,35)/t19-,29-. The number of aliphatic hydroxyl groups is 1. The Labute approximate surface area is 233 Å². The van der Waals surface area contributed by atoms with Gasteiger partial charge >= 0.3 is 5.97 Å². The van der Waals surface area contributed by atoms with Gasteiger partial charge in [-0.1, -0.05) is 13.3 Å². The normalized spacial score (nSPS) is 20.7. The summed E-state index contributed by atoms with van der Waals surface area (Å²) in [5.74, 6) is 0.763. The minimum atomic E-state index is -0.946. The topological polar surface area (TPSA) is 140 Å². The van der Waals surface area contributed by atoms with Gasteiger partial charge < -0.3 is 24.6 Å². The van der Waals surface area contributed by atoms with Crippen molar-refractivity contribution in [3.05, 3.63) is 41.3 Å². The van der Waals surface area contributed by atoms with E-state index in [1.165, 1.54) is 6.20 Å². The van der Waals surface area contributed by atoms with E-state index in [9.17, 15) is 14.7 Å². The molecule has 3 N–H and O–H groups in total. The van der Waals surface area contributed by atoms with Crippen molar-refractivity contribution in [2.75, 3.05) is 19.8 Å². The van der Waals surface area contributed by atoms with E-state index in [-0.39, 0.29) is 30.6 Å². The Kier molecular flexibility index (Phi) is 7.76. The maximum atomic E-state index is 13.3. The summed E-state index contributed by atoms with van der Waals surface area (Å²) < 4.78 is 18.6. The molecule has 40 heavy (non-hydrogen) atoms. The highest BCUT2D eigenvalue weighted by Gasteiger charge is 2.43. The zero-order chi connectivity index (χ0) is 28.5. The molecule has 0 bridgehead atoms. The van der Waals surface area contributed by atoms with Gasteiger partial charge in [-0.25, -0.2) is 14.4 Å². The van der Waals surface area contributed by atoms with Gasteiger partial charge in [0.15, 0.2) is 0 Å². The molecule has 5 rings (SSSR count). The Morgan fingerprint density at radius 1 is 1.18 bits per heavy atom. The molecule has 2 saturated carbocycles. The van der Waals surface area contributed by atoms with Gasteiger partial charge in [-0.2, -0.15) is 10.2 Å². The number of carbonyl (C=O) groups is 2. The van der Waals surface area contributed by atoms with E-state index < -0.39 is 11.6 Å². The first kappa shape index (κ1) is 27.9. The Balaban J connectivity index is 1.19. The van der Waals surface area contributed by atoms with E-state index in [4.69, 9.17) is 14.2 Å². The highest BCUT2D eigenvalue weighted by atomic mass is 16.5. The summed E-state index contributed by atoms with van der Waals surface area (Å²) in [6.45, 7) is 8.21. The van der Waals surface area contributed by atoms with E-state index >= 15 is 0 Å². The van der Waals surface area contributed by atoms with Crippen LogP contribution in [0.5, 0.6) is 11.6 Å². The van der Waals surface area contributed by atoms with Gasteiger partial charge in [0.05, 0.1) is 48.0 Å². The van der Waals surface area contributed by atoms with Crippen molar-refractivity contribution in [2.24, 2.45) is 5.41 Å². The third-order valence-corrected chi connectivity index (χ3v) is 7.89. The van der Waals surface area contributed by atoms with E-state index in [0.717, 1.165) is 49.7 Å². The second-order valence-electron chi connectivity index (χ2n) is 11.7. The molecular weight excluding hydrogens is 514 g/mol. The number of aromatic nitrogens is 4. The number of esters is 1. The summed E-state index contributed by atoms with van der Waals surface area (Å²) in [7, 11) is 0. The number of fused-ring (bicyclic) bond motifs is 1. The first-order chi connectivity index (χ1) is 19.1. The van der Waals surface area contributed by atoms with Crippen LogP contribution in [0.25, 0.3) is 5.52 Å². The van der Waals surface area contributed by atoms with Crippen molar-refractivity contribution in [1.82, 2.24) is 25.1 Å². The summed E-state index contributed by atoms with van der Waals surface area (Å²) in [6.07, 6.45) is 8.61. The summed E-state index contributed by atoms with van der Waals surface area (Å²) >= 11 is 0.